The molecule has 0 bridgehead atoms. The highest BCUT2D eigenvalue weighted by Gasteiger charge is 2.49. The molecule has 15 heteroatoms. The predicted octanol–water partition coefficient (Wildman–Crippen LogP) is 4.15. The maximum absolute atomic E-state index is 12.9. The van der Waals surface area contributed by atoms with Gasteiger partial charge in [0, 0.05) is 37.8 Å². The van der Waals surface area contributed by atoms with Crippen LogP contribution in [0.15, 0.2) is 38.0 Å². The molecule has 0 aliphatic carbocycles. The number of hydrogen-bond acceptors (Lipinski definition) is 15. The van der Waals surface area contributed by atoms with Crippen molar-refractivity contribution in [2.45, 2.75) is 115 Å². The third kappa shape index (κ3) is 22.2. The van der Waals surface area contributed by atoms with Gasteiger partial charge in [0.1, 0.15) is 0 Å². The number of unbranched alkanes of at least 4 members (excludes halogenated alkanes) is 4. The summed E-state index contributed by atoms with van der Waals surface area (Å²) in [4.78, 5) is 83.8. The Morgan fingerprint density at radius 2 is 1.08 bits per heavy atom. The SMILES string of the molecule is C=CC.C=CC(=O)OCCCCC(=O)O[C@@H]1COC(OC(=O)CCCC)[C@H](OC(=O)CCCCOC(=O)C=C)[C@H]1OC(=O)CCCCOC=O. The number of esters is 6. The molecule has 1 fully saturated rings. The normalized spacial score (nSPS) is 17.6. The fraction of sp³-hybridized carbons (Fsp3) is 0.629. The average Bonchev–Trinajstić information content (AvgIpc) is 3.09. The molecular weight excluding hydrogens is 660 g/mol. The maximum Gasteiger partial charge on any atom is 0.330 e. The first kappa shape index (κ1) is 45.5. The molecule has 1 saturated heterocycles. The fourth-order valence-electron chi connectivity index (χ4n) is 4.08. The summed E-state index contributed by atoms with van der Waals surface area (Å²) in [6.07, 6.45) is 1.17. The average molecular weight is 713 g/mol. The van der Waals surface area contributed by atoms with E-state index in [1.807, 2.05) is 13.8 Å². The van der Waals surface area contributed by atoms with Gasteiger partial charge in [-0.2, -0.15) is 0 Å². The first-order valence-electron chi connectivity index (χ1n) is 16.7. The quantitative estimate of drug-likeness (QED) is 0.0327. The largest absolute Gasteiger partial charge is 0.468 e. The minimum absolute atomic E-state index is 0.0508. The summed E-state index contributed by atoms with van der Waals surface area (Å²) in [6, 6.07) is 0. The van der Waals surface area contributed by atoms with Crippen LogP contribution in [0.5, 0.6) is 0 Å². The van der Waals surface area contributed by atoms with Crippen LogP contribution in [-0.2, 0) is 71.5 Å². The summed E-state index contributed by atoms with van der Waals surface area (Å²) in [7, 11) is 0. The highest BCUT2D eigenvalue weighted by molar-refractivity contribution is 5.81. The van der Waals surface area contributed by atoms with Gasteiger partial charge in [0.2, 0.25) is 12.4 Å². The molecule has 15 nitrogen and oxygen atoms in total. The second-order valence-corrected chi connectivity index (χ2v) is 10.7. The Morgan fingerprint density at radius 3 is 1.56 bits per heavy atom. The van der Waals surface area contributed by atoms with Crippen molar-refractivity contribution in [3.05, 3.63) is 38.0 Å². The van der Waals surface area contributed by atoms with E-state index in [1.165, 1.54) is 0 Å². The second kappa shape index (κ2) is 29.4. The number of rotatable bonds is 25. The molecule has 1 aliphatic rings. The minimum Gasteiger partial charge on any atom is -0.468 e. The van der Waals surface area contributed by atoms with Crippen molar-refractivity contribution in [1.82, 2.24) is 0 Å². The lowest BCUT2D eigenvalue weighted by Gasteiger charge is -2.40. The Morgan fingerprint density at radius 1 is 0.640 bits per heavy atom. The van der Waals surface area contributed by atoms with E-state index in [9.17, 15) is 33.6 Å². The molecule has 0 saturated carbocycles. The summed E-state index contributed by atoms with van der Waals surface area (Å²) >= 11 is 0. The van der Waals surface area contributed by atoms with Crippen LogP contribution in [0.2, 0.25) is 0 Å². The number of ether oxygens (including phenoxy) is 8. The molecule has 1 rings (SSSR count). The van der Waals surface area contributed by atoms with Crippen LogP contribution in [-0.4, -0.2) is 93.3 Å². The Labute approximate surface area is 293 Å². The molecule has 50 heavy (non-hydrogen) atoms. The highest BCUT2D eigenvalue weighted by Crippen LogP contribution is 2.27. The van der Waals surface area contributed by atoms with Crippen molar-refractivity contribution in [2.75, 3.05) is 26.4 Å². The van der Waals surface area contributed by atoms with E-state index >= 15 is 0 Å². The van der Waals surface area contributed by atoms with E-state index in [4.69, 9.17) is 33.2 Å². The number of carbonyl (C=O) groups is 7. The molecule has 1 unspecified atom stereocenters. The molecule has 282 valence electrons. The zero-order chi connectivity index (χ0) is 37.6. The van der Waals surface area contributed by atoms with E-state index in [1.54, 1.807) is 6.08 Å². The van der Waals surface area contributed by atoms with Gasteiger partial charge >= 0.3 is 35.8 Å². The van der Waals surface area contributed by atoms with Crippen molar-refractivity contribution in [3.63, 3.8) is 0 Å². The summed E-state index contributed by atoms with van der Waals surface area (Å²) in [5.74, 6) is -3.98. The fourth-order valence-corrected chi connectivity index (χ4v) is 4.08. The van der Waals surface area contributed by atoms with Gasteiger partial charge in [-0.05, 0) is 51.9 Å². The third-order valence-corrected chi connectivity index (χ3v) is 6.52. The zero-order valence-corrected chi connectivity index (χ0v) is 29.2. The first-order valence-corrected chi connectivity index (χ1v) is 16.7. The minimum atomic E-state index is -1.49. The van der Waals surface area contributed by atoms with Gasteiger partial charge in [0.25, 0.3) is 6.47 Å². The van der Waals surface area contributed by atoms with E-state index in [0.29, 0.717) is 51.4 Å². The molecular formula is C35H52O15. The molecule has 4 atom stereocenters. The van der Waals surface area contributed by atoms with Crippen LogP contribution >= 0.6 is 0 Å². The van der Waals surface area contributed by atoms with Crippen molar-refractivity contribution in [3.8, 4) is 0 Å². The van der Waals surface area contributed by atoms with Gasteiger partial charge in [-0.15, -0.1) is 6.58 Å². The Hall–Kier alpha value is -4.53. The van der Waals surface area contributed by atoms with E-state index in [-0.39, 0.29) is 58.5 Å². The monoisotopic (exact) mass is 712 g/mol. The Kier molecular flexibility index (Phi) is 26.7. The predicted molar refractivity (Wildman–Crippen MR) is 177 cm³/mol. The van der Waals surface area contributed by atoms with Crippen molar-refractivity contribution in [2.24, 2.45) is 0 Å². The Bertz CT molecular complexity index is 1090. The summed E-state index contributed by atoms with van der Waals surface area (Å²) in [6.45, 7) is 13.9. The van der Waals surface area contributed by atoms with Crippen LogP contribution in [0, 0.1) is 0 Å². The van der Waals surface area contributed by atoms with Crippen LogP contribution in [0.1, 0.15) is 90.9 Å². The summed E-state index contributed by atoms with van der Waals surface area (Å²) < 4.78 is 42.4. The summed E-state index contributed by atoms with van der Waals surface area (Å²) in [5, 5.41) is 0. The lowest BCUT2D eigenvalue weighted by Crippen LogP contribution is -2.58. The van der Waals surface area contributed by atoms with E-state index in [2.05, 4.69) is 24.5 Å². The van der Waals surface area contributed by atoms with Crippen LogP contribution in [0.3, 0.4) is 0 Å². The van der Waals surface area contributed by atoms with Crippen LogP contribution in [0.25, 0.3) is 0 Å². The van der Waals surface area contributed by atoms with Crippen LogP contribution < -0.4 is 0 Å². The number of allylic oxidation sites excluding steroid dienone is 1. The van der Waals surface area contributed by atoms with Gasteiger partial charge in [0.05, 0.1) is 26.4 Å². The van der Waals surface area contributed by atoms with E-state index < -0.39 is 60.4 Å². The van der Waals surface area contributed by atoms with Gasteiger partial charge in [-0.25, -0.2) is 9.59 Å². The van der Waals surface area contributed by atoms with Gasteiger partial charge in [-0.3, -0.25) is 24.0 Å². The molecule has 0 spiro atoms. The topological polar surface area (TPSA) is 193 Å². The lowest BCUT2D eigenvalue weighted by atomic mass is 10.0. The van der Waals surface area contributed by atoms with Gasteiger partial charge in [0.15, 0.2) is 12.2 Å². The zero-order valence-electron chi connectivity index (χ0n) is 29.2. The number of carbonyl (C=O) groups excluding carboxylic acids is 7. The molecule has 1 heterocycles. The van der Waals surface area contributed by atoms with Crippen LogP contribution in [0.4, 0.5) is 0 Å². The van der Waals surface area contributed by atoms with Crippen molar-refractivity contribution < 1.29 is 71.5 Å². The molecule has 0 amide bonds. The molecule has 0 N–H and O–H groups in total. The molecule has 0 radical (unpaired) electrons. The van der Waals surface area contributed by atoms with Gasteiger partial charge in [-0.1, -0.05) is 32.6 Å². The lowest BCUT2D eigenvalue weighted by molar-refractivity contribution is -0.275. The van der Waals surface area contributed by atoms with Gasteiger partial charge < -0.3 is 37.9 Å². The number of hydrogen-bond donors (Lipinski definition) is 0. The smallest absolute Gasteiger partial charge is 0.330 e. The molecule has 0 aromatic carbocycles. The highest BCUT2D eigenvalue weighted by atomic mass is 16.7. The summed E-state index contributed by atoms with van der Waals surface area (Å²) in [5.41, 5.74) is 0. The van der Waals surface area contributed by atoms with Crippen molar-refractivity contribution in [1.29, 1.82) is 0 Å². The molecule has 0 aromatic heterocycles. The molecule has 1 aliphatic heterocycles. The first-order chi connectivity index (χ1) is 24.1. The van der Waals surface area contributed by atoms with E-state index in [0.717, 1.165) is 12.2 Å². The second-order valence-electron chi connectivity index (χ2n) is 10.7. The standard InChI is InChI=1S/C32H46O15.C3H6/c1-4-7-14-29(39)47-32-31(46-28(38)17-10-13-20-42-25(35)6-3)30(45-27(37)16-8-11-18-40-22-33)23(21-43-32)44-26(36)15-9-12-19-41-24(34)5-2;1-3-2/h5-6,22-23,30-32H,2-4,7-21H2,1H3;3H,1H2,2H3/t23-,30+,31-,32?;/m1./s1. The Balaban J connectivity index is 0.00000770. The maximum atomic E-state index is 12.9. The third-order valence-electron chi connectivity index (χ3n) is 6.52. The molecule has 0 aromatic rings. The van der Waals surface area contributed by atoms with Crippen molar-refractivity contribution >= 4 is 42.3 Å².